The van der Waals surface area contributed by atoms with Crippen LogP contribution in [0.5, 0.6) is 11.5 Å². The van der Waals surface area contributed by atoms with Gasteiger partial charge in [-0.3, -0.25) is 9.69 Å². The summed E-state index contributed by atoms with van der Waals surface area (Å²) in [4.78, 5) is 31.5. The molecule has 0 radical (unpaired) electrons. The summed E-state index contributed by atoms with van der Waals surface area (Å²) in [6, 6.07) is 10.7. The van der Waals surface area contributed by atoms with E-state index in [9.17, 15) is 9.59 Å². The van der Waals surface area contributed by atoms with E-state index in [-0.39, 0.29) is 24.1 Å². The summed E-state index contributed by atoms with van der Waals surface area (Å²) in [6.07, 6.45) is 1.73. The van der Waals surface area contributed by atoms with Crippen LogP contribution in [-0.4, -0.2) is 62.5 Å². The molecule has 3 rings (SSSR count). The molecule has 0 N–H and O–H groups in total. The van der Waals surface area contributed by atoms with Crippen molar-refractivity contribution in [3.05, 3.63) is 56.4 Å². The number of halogens is 2. The van der Waals surface area contributed by atoms with Crippen molar-refractivity contribution < 1.29 is 28.5 Å². The lowest BCUT2D eigenvalue weighted by Crippen LogP contribution is -2.32. The third kappa shape index (κ3) is 7.23. The molecule has 35 heavy (non-hydrogen) atoms. The zero-order valence-corrected chi connectivity index (χ0v) is 22.5. The van der Waals surface area contributed by atoms with E-state index in [2.05, 4.69) is 20.9 Å². The number of amidine groups is 1. The van der Waals surface area contributed by atoms with E-state index in [1.165, 1.54) is 11.8 Å². The van der Waals surface area contributed by atoms with Gasteiger partial charge in [0, 0.05) is 7.11 Å². The zero-order chi connectivity index (χ0) is 25.4. The van der Waals surface area contributed by atoms with Crippen LogP contribution in [-0.2, 0) is 19.1 Å². The number of methoxy groups -OCH3 is 2. The van der Waals surface area contributed by atoms with Gasteiger partial charge in [-0.2, -0.15) is 0 Å². The second-order valence-corrected chi connectivity index (χ2v) is 9.33. The summed E-state index contributed by atoms with van der Waals surface area (Å²) < 4.78 is 21.3. The predicted molar refractivity (Wildman–Crippen MR) is 141 cm³/mol. The van der Waals surface area contributed by atoms with Crippen LogP contribution in [0.25, 0.3) is 6.08 Å². The molecule has 1 aliphatic rings. The predicted octanol–water partition coefficient (Wildman–Crippen LogP) is 5.30. The smallest absolute Gasteiger partial charge is 0.344 e. The number of hydrogen-bond donors (Lipinski definition) is 0. The van der Waals surface area contributed by atoms with Gasteiger partial charge in [-0.05, 0) is 82.7 Å². The van der Waals surface area contributed by atoms with Crippen molar-refractivity contribution in [1.82, 2.24) is 4.90 Å². The molecule has 1 saturated heterocycles. The fraction of sp³-hybridized carbons (Fsp3) is 0.292. The first-order valence-corrected chi connectivity index (χ1v) is 12.6. The van der Waals surface area contributed by atoms with Crippen molar-refractivity contribution in [1.29, 1.82) is 0 Å². The van der Waals surface area contributed by atoms with E-state index in [0.29, 0.717) is 44.7 Å². The fourth-order valence-corrected chi connectivity index (χ4v) is 5.04. The first-order chi connectivity index (χ1) is 16.9. The maximum atomic E-state index is 13.2. The molecule has 0 atom stereocenters. The first kappa shape index (κ1) is 27.1. The highest BCUT2D eigenvalue weighted by atomic mass is 79.9. The summed E-state index contributed by atoms with van der Waals surface area (Å²) in [6.45, 7) is 2.45. The van der Waals surface area contributed by atoms with Crippen molar-refractivity contribution in [2.75, 3.05) is 40.6 Å². The molecule has 11 heteroatoms. The summed E-state index contributed by atoms with van der Waals surface area (Å²) in [5.74, 6) is 0.359. The highest BCUT2D eigenvalue weighted by molar-refractivity contribution is 9.10. The van der Waals surface area contributed by atoms with Crippen molar-refractivity contribution in [2.24, 2.45) is 4.99 Å². The lowest BCUT2D eigenvalue weighted by Gasteiger charge is -2.14. The quantitative estimate of drug-likeness (QED) is 0.277. The Morgan fingerprint density at radius 3 is 2.60 bits per heavy atom. The van der Waals surface area contributed by atoms with Crippen LogP contribution in [0.2, 0.25) is 5.02 Å². The summed E-state index contributed by atoms with van der Waals surface area (Å²) in [5, 5.41) is 0.831. The number of benzene rings is 2. The SMILES string of the molecule is CCOC(=O)COc1c(Cl)cc(/C=C2\SC(=Nc3ccc(OC)cc3)N(CCOC)C2=O)cc1Br. The first-order valence-electron chi connectivity index (χ1n) is 10.6. The molecule has 2 aromatic carbocycles. The standard InChI is InChI=1S/C24H24BrClN2O6S/c1-4-33-21(29)14-34-22-18(25)11-15(12-19(22)26)13-20-23(30)28(9-10-31-2)24(35-20)27-16-5-7-17(32-3)8-6-16/h5-8,11-13H,4,9-10,14H2,1-3H3/b20-13-,27-24?. The van der Waals surface area contributed by atoms with E-state index in [4.69, 9.17) is 30.5 Å². The molecule has 0 aliphatic carbocycles. The Labute approximate surface area is 221 Å². The summed E-state index contributed by atoms with van der Waals surface area (Å²) >= 11 is 11.1. The molecular weight excluding hydrogens is 560 g/mol. The number of ether oxygens (including phenoxy) is 4. The normalized spacial score (nSPS) is 15.7. The molecule has 2 aromatic rings. The zero-order valence-electron chi connectivity index (χ0n) is 19.4. The lowest BCUT2D eigenvalue weighted by atomic mass is 10.2. The molecule has 1 fully saturated rings. The highest BCUT2D eigenvalue weighted by Gasteiger charge is 2.33. The molecule has 0 saturated carbocycles. The number of nitrogens with zero attached hydrogens (tertiary/aromatic N) is 2. The van der Waals surface area contributed by atoms with Gasteiger partial charge in [0.15, 0.2) is 17.5 Å². The summed E-state index contributed by atoms with van der Waals surface area (Å²) in [7, 11) is 3.18. The van der Waals surface area contributed by atoms with Crippen molar-refractivity contribution in [3.63, 3.8) is 0 Å². The number of rotatable bonds is 10. The average molecular weight is 584 g/mol. The molecule has 1 aliphatic heterocycles. The third-order valence-corrected chi connectivity index (χ3v) is 6.54. The number of carbonyl (C=O) groups is 2. The van der Waals surface area contributed by atoms with Crippen LogP contribution in [0, 0.1) is 0 Å². The number of hydrogen-bond acceptors (Lipinski definition) is 8. The molecule has 0 spiro atoms. The minimum absolute atomic E-state index is 0.186. The van der Waals surface area contributed by atoms with Gasteiger partial charge in [0.1, 0.15) is 5.75 Å². The van der Waals surface area contributed by atoms with Gasteiger partial charge in [0.05, 0.1) is 47.0 Å². The lowest BCUT2D eigenvalue weighted by molar-refractivity contribution is -0.145. The Morgan fingerprint density at radius 1 is 1.23 bits per heavy atom. The van der Waals surface area contributed by atoms with Gasteiger partial charge in [0.25, 0.3) is 5.91 Å². The molecule has 0 bridgehead atoms. The van der Waals surface area contributed by atoms with Crippen molar-refractivity contribution in [3.8, 4) is 11.5 Å². The molecule has 1 heterocycles. The molecule has 0 unspecified atom stereocenters. The largest absolute Gasteiger partial charge is 0.497 e. The van der Waals surface area contributed by atoms with Gasteiger partial charge in [0.2, 0.25) is 0 Å². The Hall–Kier alpha value is -2.53. The summed E-state index contributed by atoms with van der Waals surface area (Å²) in [5.41, 5.74) is 1.37. The van der Waals surface area contributed by atoms with E-state index < -0.39 is 5.97 Å². The Kier molecular flexibility index (Phi) is 10.0. The number of amides is 1. The van der Waals surface area contributed by atoms with Crippen LogP contribution in [0.15, 0.2) is 50.8 Å². The van der Waals surface area contributed by atoms with Crippen LogP contribution >= 0.6 is 39.3 Å². The van der Waals surface area contributed by atoms with E-state index in [1.54, 1.807) is 44.3 Å². The van der Waals surface area contributed by atoms with Gasteiger partial charge in [-0.15, -0.1) is 0 Å². The van der Waals surface area contributed by atoms with Crippen LogP contribution in [0.1, 0.15) is 12.5 Å². The maximum Gasteiger partial charge on any atom is 0.344 e. The highest BCUT2D eigenvalue weighted by Crippen LogP contribution is 2.38. The number of esters is 1. The van der Waals surface area contributed by atoms with Crippen molar-refractivity contribution >= 4 is 68.1 Å². The fourth-order valence-electron chi connectivity index (χ4n) is 3.02. The van der Waals surface area contributed by atoms with Crippen LogP contribution in [0.3, 0.4) is 0 Å². The Morgan fingerprint density at radius 2 is 1.97 bits per heavy atom. The molecule has 1 amide bonds. The van der Waals surface area contributed by atoms with Gasteiger partial charge < -0.3 is 18.9 Å². The van der Waals surface area contributed by atoms with Crippen LogP contribution < -0.4 is 9.47 Å². The van der Waals surface area contributed by atoms with Gasteiger partial charge in [-0.25, -0.2) is 9.79 Å². The average Bonchev–Trinajstić information content (AvgIpc) is 3.11. The van der Waals surface area contributed by atoms with E-state index in [1.807, 2.05) is 24.3 Å². The topological polar surface area (TPSA) is 86.7 Å². The molecule has 0 aromatic heterocycles. The molecule has 8 nitrogen and oxygen atoms in total. The minimum atomic E-state index is -0.491. The van der Waals surface area contributed by atoms with E-state index in [0.717, 1.165) is 5.75 Å². The molecular formula is C24H24BrClN2O6S. The number of thioether (sulfide) groups is 1. The Bertz CT molecular complexity index is 1120. The maximum absolute atomic E-state index is 13.2. The van der Waals surface area contributed by atoms with Crippen molar-refractivity contribution in [2.45, 2.75) is 6.92 Å². The van der Waals surface area contributed by atoms with Crippen LogP contribution in [0.4, 0.5) is 5.69 Å². The van der Waals surface area contributed by atoms with Gasteiger partial charge in [-0.1, -0.05) is 11.6 Å². The second kappa shape index (κ2) is 13.0. The van der Waals surface area contributed by atoms with E-state index >= 15 is 0 Å². The number of carbonyl (C=O) groups excluding carboxylic acids is 2. The minimum Gasteiger partial charge on any atom is -0.497 e. The second-order valence-electron chi connectivity index (χ2n) is 7.06. The monoisotopic (exact) mass is 582 g/mol. The molecule has 186 valence electrons. The third-order valence-electron chi connectivity index (χ3n) is 4.66. The number of aliphatic imine (C=N–C) groups is 1. The Balaban J connectivity index is 1.85. The van der Waals surface area contributed by atoms with Gasteiger partial charge >= 0.3 is 5.97 Å².